The average Bonchev–Trinajstić information content (AvgIpc) is 2.54. The Morgan fingerprint density at radius 1 is 1.26 bits per heavy atom. The van der Waals surface area contributed by atoms with Gasteiger partial charge in [0.1, 0.15) is 11.7 Å². The molecule has 0 aliphatic carbocycles. The zero-order valence-electron chi connectivity index (χ0n) is 13.3. The number of rotatable bonds is 2. The van der Waals surface area contributed by atoms with Gasteiger partial charge in [-0.1, -0.05) is 30.3 Å². The average molecular weight is 312 g/mol. The minimum atomic E-state index is -0.248. The van der Waals surface area contributed by atoms with Crippen LogP contribution in [0.25, 0.3) is 0 Å². The van der Waals surface area contributed by atoms with E-state index in [0.717, 1.165) is 11.3 Å². The van der Waals surface area contributed by atoms with Crippen molar-refractivity contribution in [3.63, 3.8) is 0 Å². The summed E-state index contributed by atoms with van der Waals surface area (Å²) >= 11 is 0. The van der Waals surface area contributed by atoms with Gasteiger partial charge in [-0.05, 0) is 19.4 Å². The first-order valence-electron chi connectivity index (χ1n) is 7.73. The summed E-state index contributed by atoms with van der Waals surface area (Å²) < 4.78 is 5.96. The number of ether oxygens (including phenoxy) is 1. The summed E-state index contributed by atoms with van der Waals surface area (Å²) in [4.78, 5) is 29.4. The Kier molecular flexibility index (Phi) is 4.30. The molecular weight excluding hydrogens is 292 g/mol. The van der Waals surface area contributed by atoms with Crippen molar-refractivity contribution < 1.29 is 9.53 Å². The SMILES string of the molecule is Cc1cc(=O)c(C(=O)N2C[C@@H](c3ccccc3)O[C@@H](C)C2)c[nH]1. The lowest BCUT2D eigenvalue weighted by molar-refractivity contribution is -0.0692. The van der Waals surface area contributed by atoms with E-state index in [4.69, 9.17) is 4.74 Å². The molecular formula is C18H20N2O3. The Labute approximate surface area is 134 Å². The van der Waals surface area contributed by atoms with E-state index in [1.165, 1.54) is 12.3 Å². The van der Waals surface area contributed by atoms with Gasteiger partial charge in [-0.15, -0.1) is 0 Å². The molecule has 5 nitrogen and oxygen atoms in total. The maximum Gasteiger partial charge on any atom is 0.259 e. The molecule has 2 heterocycles. The summed E-state index contributed by atoms with van der Waals surface area (Å²) in [6.07, 6.45) is 1.24. The maximum absolute atomic E-state index is 12.7. The van der Waals surface area contributed by atoms with Gasteiger partial charge in [0.25, 0.3) is 5.91 Å². The first kappa shape index (κ1) is 15.5. The molecule has 23 heavy (non-hydrogen) atoms. The van der Waals surface area contributed by atoms with Gasteiger partial charge in [0, 0.05) is 24.5 Å². The smallest absolute Gasteiger partial charge is 0.259 e. The molecule has 1 aliphatic heterocycles. The highest BCUT2D eigenvalue weighted by atomic mass is 16.5. The third-order valence-electron chi connectivity index (χ3n) is 4.01. The molecule has 0 radical (unpaired) electrons. The quantitative estimate of drug-likeness (QED) is 0.925. The summed E-state index contributed by atoms with van der Waals surface area (Å²) in [6, 6.07) is 11.3. The summed E-state index contributed by atoms with van der Waals surface area (Å²) in [5.41, 5.74) is 1.71. The number of carbonyl (C=O) groups is 1. The van der Waals surface area contributed by atoms with E-state index in [0.29, 0.717) is 13.1 Å². The normalized spacial score (nSPS) is 21.2. The molecule has 1 saturated heterocycles. The summed E-state index contributed by atoms with van der Waals surface area (Å²) in [7, 11) is 0. The second-order valence-electron chi connectivity index (χ2n) is 5.95. The first-order valence-corrected chi connectivity index (χ1v) is 7.73. The van der Waals surface area contributed by atoms with Gasteiger partial charge >= 0.3 is 0 Å². The number of hydrogen-bond acceptors (Lipinski definition) is 3. The molecule has 0 saturated carbocycles. The van der Waals surface area contributed by atoms with Crippen LogP contribution in [0.15, 0.2) is 47.4 Å². The molecule has 2 aromatic rings. The van der Waals surface area contributed by atoms with Crippen LogP contribution in [-0.2, 0) is 4.74 Å². The number of benzene rings is 1. The van der Waals surface area contributed by atoms with Crippen molar-refractivity contribution in [1.82, 2.24) is 9.88 Å². The number of hydrogen-bond donors (Lipinski definition) is 1. The fraction of sp³-hybridized carbons (Fsp3) is 0.333. The van der Waals surface area contributed by atoms with Crippen LogP contribution in [0, 0.1) is 6.92 Å². The summed E-state index contributed by atoms with van der Waals surface area (Å²) in [6.45, 7) is 4.66. The number of aryl methyl sites for hydroxylation is 1. The third-order valence-corrected chi connectivity index (χ3v) is 4.01. The van der Waals surface area contributed by atoms with Crippen molar-refractivity contribution in [2.45, 2.75) is 26.1 Å². The largest absolute Gasteiger partial charge is 0.367 e. The molecule has 0 unspecified atom stereocenters. The van der Waals surface area contributed by atoms with E-state index in [-0.39, 0.29) is 29.1 Å². The highest BCUT2D eigenvalue weighted by Gasteiger charge is 2.30. The predicted octanol–water partition coefficient (Wildman–Crippen LogP) is 2.29. The number of pyridine rings is 1. The first-order chi connectivity index (χ1) is 11.0. The minimum absolute atomic E-state index is 0.0811. The van der Waals surface area contributed by atoms with Gasteiger partial charge in [0.15, 0.2) is 5.43 Å². The van der Waals surface area contributed by atoms with Gasteiger partial charge in [-0.2, -0.15) is 0 Å². The molecule has 1 aromatic heterocycles. The van der Waals surface area contributed by atoms with Crippen LogP contribution >= 0.6 is 0 Å². The number of morpholine rings is 1. The molecule has 1 aliphatic rings. The van der Waals surface area contributed by atoms with Gasteiger partial charge in [-0.25, -0.2) is 0 Å². The van der Waals surface area contributed by atoms with Crippen molar-refractivity contribution in [2.24, 2.45) is 0 Å². The van der Waals surface area contributed by atoms with E-state index in [2.05, 4.69) is 4.98 Å². The molecule has 1 amide bonds. The van der Waals surface area contributed by atoms with Crippen molar-refractivity contribution in [3.05, 3.63) is 69.6 Å². The fourth-order valence-electron chi connectivity index (χ4n) is 2.88. The summed E-state index contributed by atoms with van der Waals surface area (Å²) in [5, 5.41) is 0. The molecule has 5 heteroatoms. The van der Waals surface area contributed by atoms with Crippen molar-refractivity contribution in [1.29, 1.82) is 0 Å². The Balaban J connectivity index is 1.84. The highest BCUT2D eigenvalue weighted by Crippen LogP contribution is 2.25. The maximum atomic E-state index is 12.7. The Morgan fingerprint density at radius 2 is 2.00 bits per heavy atom. The lowest BCUT2D eigenvalue weighted by Gasteiger charge is -2.37. The number of aromatic nitrogens is 1. The lowest BCUT2D eigenvalue weighted by atomic mass is 10.1. The van der Waals surface area contributed by atoms with Gasteiger partial charge in [-0.3, -0.25) is 9.59 Å². The standard InChI is InChI=1S/C18H20N2O3/c1-12-8-16(21)15(9-19-12)18(22)20-10-13(2)23-17(11-20)14-6-4-3-5-7-14/h3-9,13,17H,10-11H2,1-2H3,(H,19,21)/t13-,17-/m0/s1. The molecule has 0 bridgehead atoms. The minimum Gasteiger partial charge on any atom is -0.367 e. The predicted molar refractivity (Wildman–Crippen MR) is 87.4 cm³/mol. The van der Waals surface area contributed by atoms with E-state index in [1.807, 2.05) is 37.3 Å². The number of aromatic amines is 1. The van der Waals surface area contributed by atoms with E-state index >= 15 is 0 Å². The zero-order valence-corrected chi connectivity index (χ0v) is 13.3. The number of nitrogens with zero attached hydrogens (tertiary/aromatic N) is 1. The fourth-order valence-corrected chi connectivity index (χ4v) is 2.88. The van der Waals surface area contributed by atoms with Gasteiger partial charge in [0.05, 0.1) is 12.6 Å². The molecule has 1 N–H and O–H groups in total. The number of carbonyl (C=O) groups excluding carboxylic acids is 1. The van der Waals surface area contributed by atoms with E-state index in [1.54, 1.807) is 11.8 Å². The lowest BCUT2D eigenvalue weighted by Crippen LogP contribution is -2.47. The topological polar surface area (TPSA) is 62.4 Å². The van der Waals surface area contributed by atoms with Crippen molar-refractivity contribution >= 4 is 5.91 Å². The third kappa shape index (κ3) is 3.35. The Morgan fingerprint density at radius 3 is 2.70 bits per heavy atom. The molecule has 1 aromatic carbocycles. The van der Waals surface area contributed by atoms with E-state index < -0.39 is 0 Å². The van der Waals surface area contributed by atoms with Gasteiger partial charge in [0.2, 0.25) is 0 Å². The van der Waals surface area contributed by atoms with Crippen LogP contribution in [0.4, 0.5) is 0 Å². The van der Waals surface area contributed by atoms with E-state index in [9.17, 15) is 9.59 Å². The molecule has 0 spiro atoms. The second kappa shape index (κ2) is 6.38. The van der Waals surface area contributed by atoms with Crippen LogP contribution in [0.1, 0.15) is 34.6 Å². The van der Waals surface area contributed by atoms with Crippen molar-refractivity contribution in [3.8, 4) is 0 Å². The highest BCUT2D eigenvalue weighted by molar-refractivity contribution is 5.94. The Bertz CT molecular complexity index is 754. The second-order valence-corrected chi connectivity index (χ2v) is 5.95. The number of amides is 1. The van der Waals surface area contributed by atoms with Crippen molar-refractivity contribution in [2.75, 3.05) is 13.1 Å². The summed E-state index contributed by atoms with van der Waals surface area (Å²) in [5.74, 6) is -0.248. The zero-order chi connectivity index (χ0) is 16.4. The van der Waals surface area contributed by atoms with Gasteiger partial charge < -0.3 is 14.6 Å². The number of nitrogens with one attached hydrogen (secondary N) is 1. The van der Waals surface area contributed by atoms with Crippen LogP contribution in [0.3, 0.4) is 0 Å². The van der Waals surface area contributed by atoms with Crippen LogP contribution in [0.5, 0.6) is 0 Å². The number of H-pyrrole nitrogens is 1. The molecule has 1 fully saturated rings. The van der Waals surface area contributed by atoms with Crippen LogP contribution in [0.2, 0.25) is 0 Å². The molecule has 2 atom stereocenters. The molecule has 120 valence electrons. The Hall–Kier alpha value is -2.40. The molecule has 3 rings (SSSR count). The van der Waals surface area contributed by atoms with Crippen LogP contribution < -0.4 is 5.43 Å². The monoisotopic (exact) mass is 312 g/mol. The van der Waals surface area contributed by atoms with Crippen LogP contribution in [-0.4, -0.2) is 35.0 Å².